The Hall–Kier alpha value is -1.75. The largest absolute Gasteiger partial charge is 0.497 e. The predicted molar refractivity (Wildman–Crippen MR) is 74.4 cm³/mol. The molecule has 0 aliphatic heterocycles. The lowest BCUT2D eigenvalue weighted by Gasteiger charge is -2.15. The van der Waals surface area contributed by atoms with Gasteiger partial charge in [0.05, 0.1) is 7.11 Å². The number of amides is 1. The Labute approximate surface area is 114 Å². The Bertz CT molecular complexity index is 419. The maximum atomic E-state index is 11.5. The summed E-state index contributed by atoms with van der Waals surface area (Å²) in [5, 5.41) is 2.75. The van der Waals surface area contributed by atoms with Crippen LogP contribution in [0.2, 0.25) is 0 Å². The average Bonchev–Trinajstić information content (AvgIpc) is 2.42. The summed E-state index contributed by atoms with van der Waals surface area (Å²) in [5.41, 5.74) is 6.72. The topological polar surface area (TPSA) is 73.6 Å². The van der Waals surface area contributed by atoms with Gasteiger partial charge in [0.2, 0.25) is 0 Å². The van der Waals surface area contributed by atoms with Crippen molar-refractivity contribution in [2.45, 2.75) is 26.3 Å². The highest BCUT2D eigenvalue weighted by Gasteiger charge is 2.11. The summed E-state index contributed by atoms with van der Waals surface area (Å²) in [6.07, 6.45) is 0.899. The lowest BCUT2D eigenvalue weighted by atomic mass is 10.1. The Morgan fingerprint density at radius 1 is 1.47 bits per heavy atom. The molecule has 0 spiro atoms. The van der Waals surface area contributed by atoms with Crippen molar-refractivity contribution >= 4 is 5.91 Å². The highest BCUT2D eigenvalue weighted by atomic mass is 16.5. The van der Waals surface area contributed by atoms with Crippen LogP contribution >= 0.6 is 0 Å². The average molecular weight is 266 g/mol. The fourth-order valence-corrected chi connectivity index (χ4v) is 1.60. The monoisotopic (exact) mass is 266 g/mol. The summed E-state index contributed by atoms with van der Waals surface area (Å²) < 4.78 is 10.7. The SMILES string of the molecule is CCCNC(=O)COc1cc(OC)ccc1[C@@H](C)N. The minimum absolute atomic E-state index is 0.0209. The first-order valence-corrected chi connectivity index (χ1v) is 6.41. The molecule has 1 aromatic carbocycles. The zero-order valence-corrected chi connectivity index (χ0v) is 11.7. The fraction of sp³-hybridized carbons (Fsp3) is 0.500. The van der Waals surface area contributed by atoms with Gasteiger partial charge in [-0.25, -0.2) is 0 Å². The van der Waals surface area contributed by atoms with Crippen LogP contribution in [0.4, 0.5) is 0 Å². The molecule has 0 aliphatic rings. The van der Waals surface area contributed by atoms with Crippen molar-refractivity contribution < 1.29 is 14.3 Å². The van der Waals surface area contributed by atoms with Crippen LogP contribution in [0.25, 0.3) is 0 Å². The maximum Gasteiger partial charge on any atom is 0.257 e. The molecule has 0 fully saturated rings. The second-order valence-corrected chi connectivity index (χ2v) is 4.33. The summed E-state index contributed by atoms with van der Waals surface area (Å²) in [4.78, 5) is 11.5. The van der Waals surface area contributed by atoms with E-state index in [4.69, 9.17) is 15.2 Å². The van der Waals surface area contributed by atoms with Crippen molar-refractivity contribution in [2.24, 2.45) is 5.73 Å². The van der Waals surface area contributed by atoms with Gasteiger partial charge >= 0.3 is 0 Å². The molecule has 1 rings (SSSR count). The van der Waals surface area contributed by atoms with Gasteiger partial charge in [0, 0.05) is 24.2 Å². The number of ether oxygens (including phenoxy) is 2. The molecule has 0 unspecified atom stereocenters. The van der Waals surface area contributed by atoms with E-state index in [0.29, 0.717) is 18.0 Å². The van der Waals surface area contributed by atoms with E-state index in [9.17, 15) is 4.79 Å². The molecule has 0 heterocycles. The Kier molecular flexibility index (Phi) is 6.15. The lowest BCUT2D eigenvalue weighted by molar-refractivity contribution is -0.123. The molecule has 0 aliphatic carbocycles. The van der Waals surface area contributed by atoms with Crippen LogP contribution in [-0.2, 0) is 4.79 Å². The van der Waals surface area contributed by atoms with Crippen LogP contribution in [0.15, 0.2) is 18.2 Å². The zero-order chi connectivity index (χ0) is 14.3. The second kappa shape index (κ2) is 7.63. The van der Waals surface area contributed by atoms with Crippen LogP contribution < -0.4 is 20.5 Å². The summed E-state index contributed by atoms with van der Waals surface area (Å²) in [7, 11) is 1.58. The third kappa shape index (κ3) is 4.79. The van der Waals surface area contributed by atoms with E-state index in [1.54, 1.807) is 13.2 Å². The van der Waals surface area contributed by atoms with E-state index >= 15 is 0 Å². The first-order chi connectivity index (χ1) is 9.08. The quantitative estimate of drug-likeness (QED) is 0.786. The van der Waals surface area contributed by atoms with Gasteiger partial charge in [0.15, 0.2) is 6.61 Å². The van der Waals surface area contributed by atoms with Crippen molar-refractivity contribution in [2.75, 3.05) is 20.3 Å². The summed E-state index contributed by atoms with van der Waals surface area (Å²) in [6.45, 7) is 4.50. The highest BCUT2D eigenvalue weighted by Crippen LogP contribution is 2.28. The van der Waals surface area contributed by atoms with Crippen LogP contribution in [0.5, 0.6) is 11.5 Å². The molecular formula is C14H22N2O3. The number of hydrogen-bond acceptors (Lipinski definition) is 4. The van der Waals surface area contributed by atoms with Gasteiger partial charge in [-0.3, -0.25) is 4.79 Å². The van der Waals surface area contributed by atoms with Gasteiger partial charge in [-0.2, -0.15) is 0 Å². The molecule has 5 heteroatoms. The van der Waals surface area contributed by atoms with Gasteiger partial charge in [0.1, 0.15) is 11.5 Å². The molecule has 1 aromatic rings. The van der Waals surface area contributed by atoms with Crippen molar-refractivity contribution in [3.05, 3.63) is 23.8 Å². The van der Waals surface area contributed by atoms with Gasteiger partial charge in [-0.05, 0) is 19.4 Å². The van der Waals surface area contributed by atoms with Crippen LogP contribution in [0.3, 0.4) is 0 Å². The minimum Gasteiger partial charge on any atom is -0.497 e. The molecule has 5 nitrogen and oxygen atoms in total. The number of hydrogen-bond donors (Lipinski definition) is 2. The molecule has 1 amide bonds. The number of rotatable bonds is 7. The van der Waals surface area contributed by atoms with E-state index in [1.807, 2.05) is 26.0 Å². The molecular weight excluding hydrogens is 244 g/mol. The van der Waals surface area contributed by atoms with Crippen molar-refractivity contribution in [3.8, 4) is 11.5 Å². The molecule has 1 atom stereocenters. The normalized spacial score (nSPS) is 11.8. The summed E-state index contributed by atoms with van der Waals surface area (Å²) in [6, 6.07) is 5.25. The number of nitrogens with one attached hydrogen (secondary N) is 1. The van der Waals surface area contributed by atoms with Crippen LogP contribution in [-0.4, -0.2) is 26.2 Å². The smallest absolute Gasteiger partial charge is 0.257 e. The Morgan fingerprint density at radius 3 is 2.79 bits per heavy atom. The highest BCUT2D eigenvalue weighted by molar-refractivity contribution is 5.77. The van der Waals surface area contributed by atoms with Crippen LogP contribution in [0, 0.1) is 0 Å². The summed E-state index contributed by atoms with van der Waals surface area (Å²) >= 11 is 0. The van der Waals surface area contributed by atoms with Gasteiger partial charge in [-0.15, -0.1) is 0 Å². The molecule has 19 heavy (non-hydrogen) atoms. The maximum absolute atomic E-state index is 11.5. The molecule has 0 saturated carbocycles. The van der Waals surface area contributed by atoms with E-state index in [0.717, 1.165) is 12.0 Å². The third-order valence-electron chi connectivity index (χ3n) is 2.64. The lowest BCUT2D eigenvalue weighted by Crippen LogP contribution is -2.29. The molecule has 0 radical (unpaired) electrons. The minimum atomic E-state index is -0.167. The molecule has 0 aromatic heterocycles. The van der Waals surface area contributed by atoms with Gasteiger partial charge < -0.3 is 20.5 Å². The Morgan fingerprint density at radius 2 is 2.21 bits per heavy atom. The standard InChI is InChI=1S/C14H22N2O3/c1-4-7-16-14(17)9-19-13-8-11(18-3)5-6-12(13)10(2)15/h5-6,8,10H,4,7,9,15H2,1-3H3,(H,16,17)/t10-/m1/s1. The zero-order valence-electron chi connectivity index (χ0n) is 11.7. The van der Waals surface area contributed by atoms with E-state index in [-0.39, 0.29) is 18.6 Å². The molecule has 106 valence electrons. The van der Waals surface area contributed by atoms with Gasteiger partial charge in [0.25, 0.3) is 5.91 Å². The molecule has 0 saturated heterocycles. The molecule has 3 N–H and O–H groups in total. The van der Waals surface area contributed by atoms with Crippen molar-refractivity contribution in [1.82, 2.24) is 5.32 Å². The van der Waals surface area contributed by atoms with Crippen LogP contribution in [0.1, 0.15) is 31.9 Å². The summed E-state index contributed by atoms with van der Waals surface area (Å²) in [5.74, 6) is 1.12. The number of methoxy groups -OCH3 is 1. The Balaban J connectivity index is 2.72. The predicted octanol–water partition coefficient (Wildman–Crippen LogP) is 1.62. The van der Waals surface area contributed by atoms with Gasteiger partial charge in [-0.1, -0.05) is 13.0 Å². The van der Waals surface area contributed by atoms with E-state index in [1.165, 1.54) is 0 Å². The third-order valence-corrected chi connectivity index (χ3v) is 2.64. The fourth-order valence-electron chi connectivity index (χ4n) is 1.60. The van der Waals surface area contributed by atoms with Crippen molar-refractivity contribution in [1.29, 1.82) is 0 Å². The van der Waals surface area contributed by atoms with Crippen molar-refractivity contribution in [3.63, 3.8) is 0 Å². The first-order valence-electron chi connectivity index (χ1n) is 6.41. The number of carbonyl (C=O) groups excluding carboxylic acids is 1. The van der Waals surface area contributed by atoms with E-state index in [2.05, 4.69) is 5.32 Å². The second-order valence-electron chi connectivity index (χ2n) is 4.33. The number of carbonyl (C=O) groups is 1. The molecule has 0 bridgehead atoms. The van der Waals surface area contributed by atoms with E-state index < -0.39 is 0 Å². The number of nitrogens with two attached hydrogens (primary N) is 1. The first kappa shape index (κ1) is 15.3. The number of benzene rings is 1.